The van der Waals surface area contributed by atoms with Gasteiger partial charge in [0.1, 0.15) is 0 Å². The van der Waals surface area contributed by atoms with Crippen LogP contribution in [0.15, 0.2) is 58.3 Å². The first kappa shape index (κ1) is 11.9. The van der Waals surface area contributed by atoms with Crippen LogP contribution in [0, 0.1) is 17.3 Å². The maximum atomic E-state index is 2.37. The summed E-state index contributed by atoms with van der Waals surface area (Å²) in [5.74, 6) is 1.07. The van der Waals surface area contributed by atoms with Gasteiger partial charge in [0, 0.05) is 9.50 Å². The second-order valence-electron chi connectivity index (χ2n) is 4.96. The Bertz CT molecular complexity index is 405. The summed E-state index contributed by atoms with van der Waals surface area (Å²) >= 11 is 2.37. The Morgan fingerprint density at radius 1 is 1.06 bits per heavy atom. The molecule has 16 heavy (non-hydrogen) atoms. The Balaban J connectivity index is 2.41. The van der Waals surface area contributed by atoms with Crippen LogP contribution in [0.1, 0.15) is 13.8 Å². The maximum absolute atomic E-state index is 2.37. The Kier molecular flexibility index (Phi) is 3.53. The third-order valence-corrected chi connectivity index (χ3v) is 4.02. The third kappa shape index (κ3) is 2.57. The van der Waals surface area contributed by atoms with E-state index in [-0.39, 0.29) is 5.41 Å². The van der Waals surface area contributed by atoms with E-state index in [2.05, 4.69) is 91.1 Å². The highest BCUT2D eigenvalue weighted by molar-refractivity contribution is 14.1. The molecular formula is C15H17I. The molecule has 0 saturated carbocycles. The topological polar surface area (TPSA) is 0 Å². The molecule has 0 aromatic heterocycles. The summed E-state index contributed by atoms with van der Waals surface area (Å²) in [5, 5.41) is 0. The molecule has 0 saturated heterocycles. The molecule has 0 heterocycles. The van der Waals surface area contributed by atoms with E-state index >= 15 is 0 Å². The van der Waals surface area contributed by atoms with Crippen LogP contribution in [-0.4, -0.2) is 0 Å². The molecule has 0 radical (unpaired) electrons. The molecule has 84 valence electrons. The Hall–Kier alpha value is -0.570. The highest BCUT2D eigenvalue weighted by Gasteiger charge is 2.30. The van der Waals surface area contributed by atoms with Crippen LogP contribution in [-0.2, 0) is 0 Å². The van der Waals surface area contributed by atoms with E-state index < -0.39 is 0 Å². The number of fused-ring (bicyclic) bond motifs is 1. The molecule has 0 N–H and O–H groups in total. The summed E-state index contributed by atoms with van der Waals surface area (Å²) < 4.78 is 1.29. The second-order valence-corrected chi connectivity index (χ2v) is 6.21. The van der Waals surface area contributed by atoms with Crippen molar-refractivity contribution >= 4 is 22.6 Å². The lowest BCUT2D eigenvalue weighted by Crippen LogP contribution is -2.26. The van der Waals surface area contributed by atoms with Gasteiger partial charge in [-0.15, -0.1) is 0 Å². The molecule has 0 aromatic carbocycles. The van der Waals surface area contributed by atoms with E-state index in [4.69, 9.17) is 0 Å². The van der Waals surface area contributed by atoms with Crippen molar-refractivity contribution in [3.63, 3.8) is 0 Å². The Morgan fingerprint density at radius 3 is 2.56 bits per heavy atom. The van der Waals surface area contributed by atoms with Crippen molar-refractivity contribution in [2.45, 2.75) is 13.8 Å². The molecule has 0 spiro atoms. The lowest BCUT2D eigenvalue weighted by Gasteiger charge is -2.34. The van der Waals surface area contributed by atoms with Gasteiger partial charge in [-0.3, -0.25) is 0 Å². The minimum atomic E-state index is 0.199. The first-order valence-corrected chi connectivity index (χ1v) is 6.76. The quantitative estimate of drug-likeness (QED) is 0.561. The van der Waals surface area contributed by atoms with Crippen LogP contribution in [0.2, 0.25) is 0 Å². The zero-order valence-electron chi connectivity index (χ0n) is 9.73. The van der Waals surface area contributed by atoms with Gasteiger partial charge in [0.15, 0.2) is 0 Å². The summed E-state index contributed by atoms with van der Waals surface area (Å²) in [5.41, 5.74) is 0.199. The SMILES string of the molecule is CC1(C)/C=C/C(I)=C\C=C\C2C=CC=CC21. The van der Waals surface area contributed by atoms with Crippen LogP contribution < -0.4 is 0 Å². The van der Waals surface area contributed by atoms with Crippen LogP contribution in [0.5, 0.6) is 0 Å². The van der Waals surface area contributed by atoms with Gasteiger partial charge in [-0.2, -0.15) is 0 Å². The Labute approximate surface area is 112 Å². The summed E-state index contributed by atoms with van der Waals surface area (Å²) in [6.07, 6.45) is 20.1. The monoisotopic (exact) mass is 324 g/mol. The maximum Gasteiger partial charge on any atom is 0.0127 e. The number of allylic oxidation sites excluding steroid dienone is 10. The van der Waals surface area contributed by atoms with Crippen molar-refractivity contribution in [1.29, 1.82) is 0 Å². The van der Waals surface area contributed by atoms with Gasteiger partial charge in [-0.25, -0.2) is 0 Å². The van der Waals surface area contributed by atoms with E-state index in [0.29, 0.717) is 11.8 Å². The van der Waals surface area contributed by atoms with Gasteiger partial charge in [-0.1, -0.05) is 62.5 Å². The lowest BCUT2D eigenvalue weighted by molar-refractivity contribution is 0.302. The van der Waals surface area contributed by atoms with Gasteiger partial charge >= 0.3 is 0 Å². The van der Waals surface area contributed by atoms with Gasteiger partial charge in [0.05, 0.1) is 0 Å². The van der Waals surface area contributed by atoms with Crippen LogP contribution in [0.3, 0.4) is 0 Å². The van der Waals surface area contributed by atoms with E-state index in [9.17, 15) is 0 Å². The molecule has 0 aromatic rings. The molecule has 2 rings (SSSR count). The van der Waals surface area contributed by atoms with E-state index in [1.54, 1.807) is 0 Å². The standard InChI is InChI=1S/C15H17I/c1-15(2)11-10-13(16)8-5-7-12-6-3-4-9-14(12)15/h3-12,14H,1-2H3/b7-5+,11-10+,13-8+. The average molecular weight is 324 g/mol. The van der Waals surface area contributed by atoms with Gasteiger partial charge in [0.25, 0.3) is 0 Å². The zero-order chi connectivity index (χ0) is 11.6. The van der Waals surface area contributed by atoms with Crippen molar-refractivity contribution in [2.24, 2.45) is 17.3 Å². The minimum absolute atomic E-state index is 0.199. The van der Waals surface area contributed by atoms with Crippen molar-refractivity contribution in [3.05, 3.63) is 58.3 Å². The third-order valence-electron chi connectivity index (χ3n) is 3.30. The molecule has 0 bridgehead atoms. The molecule has 0 nitrogen and oxygen atoms in total. The van der Waals surface area contributed by atoms with Crippen molar-refractivity contribution < 1.29 is 0 Å². The predicted molar refractivity (Wildman–Crippen MR) is 79.4 cm³/mol. The summed E-state index contributed by atoms with van der Waals surface area (Å²) in [6, 6.07) is 0. The van der Waals surface area contributed by atoms with Gasteiger partial charge < -0.3 is 0 Å². The molecule has 2 aliphatic rings. The molecule has 0 amide bonds. The van der Waals surface area contributed by atoms with Crippen molar-refractivity contribution in [1.82, 2.24) is 0 Å². The van der Waals surface area contributed by atoms with E-state index in [0.717, 1.165) is 0 Å². The van der Waals surface area contributed by atoms with Crippen molar-refractivity contribution in [2.75, 3.05) is 0 Å². The molecule has 2 unspecified atom stereocenters. The number of hydrogen-bond acceptors (Lipinski definition) is 0. The van der Waals surface area contributed by atoms with E-state index in [1.807, 2.05) is 0 Å². The normalized spacial score (nSPS) is 38.6. The molecular weight excluding hydrogens is 307 g/mol. The van der Waals surface area contributed by atoms with Crippen LogP contribution >= 0.6 is 22.6 Å². The van der Waals surface area contributed by atoms with Gasteiger partial charge in [0.2, 0.25) is 0 Å². The average Bonchev–Trinajstić information content (AvgIpc) is 2.31. The van der Waals surface area contributed by atoms with Gasteiger partial charge in [-0.05, 0) is 40.0 Å². The lowest BCUT2D eigenvalue weighted by atomic mass is 9.70. The van der Waals surface area contributed by atoms with Crippen LogP contribution in [0.4, 0.5) is 0 Å². The number of hydrogen-bond donors (Lipinski definition) is 0. The number of halogens is 1. The molecule has 2 atom stereocenters. The first-order chi connectivity index (χ1) is 7.59. The fraction of sp³-hybridized carbons (Fsp3) is 0.333. The van der Waals surface area contributed by atoms with Crippen molar-refractivity contribution in [3.8, 4) is 0 Å². The zero-order valence-corrected chi connectivity index (χ0v) is 11.9. The van der Waals surface area contributed by atoms with Crippen LogP contribution in [0.25, 0.3) is 0 Å². The Morgan fingerprint density at radius 2 is 1.75 bits per heavy atom. The largest absolute Gasteiger partial charge is 0.0797 e. The molecule has 0 aliphatic heterocycles. The fourth-order valence-corrected chi connectivity index (χ4v) is 2.68. The summed E-state index contributed by atoms with van der Waals surface area (Å²) in [6.45, 7) is 4.63. The smallest absolute Gasteiger partial charge is 0.0127 e. The molecule has 2 aliphatic carbocycles. The fourth-order valence-electron chi connectivity index (χ4n) is 2.29. The minimum Gasteiger partial charge on any atom is -0.0797 e. The summed E-state index contributed by atoms with van der Waals surface area (Å²) in [4.78, 5) is 0. The first-order valence-electron chi connectivity index (χ1n) is 5.68. The molecule has 1 heteroatoms. The predicted octanol–water partition coefficient (Wildman–Crippen LogP) is 4.82. The highest BCUT2D eigenvalue weighted by Crippen LogP contribution is 2.39. The number of rotatable bonds is 0. The summed E-state index contributed by atoms with van der Waals surface area (Å²) in [7, 11) is 0. The van der Waals surface area contributed by atoms with E-state index in [1.165, 1.54) is 3.58 Å². The highest BCUT2D eigenvalue weighted by atomic mass is 127. The second kappa shape index (κ2) is 4.74. The molecule has 0 fully saturated rings.